The summed E-state index contributed by atoms with van der Waals surface area (Å²) in [6, 6.07) is 4.96. The summed E-state index contributed by atoms with van der Waals surface area (Å²) in [7, 11) is 1.74. The molecule has 32 heavy (non-hydrogen) atoms. The minimum atomic E-state index is -0.780. The van der Waals surface area contributed by atoms with Gasteiger partial charge in [-0.1, -0.05) is 24.3 Å². The van der Waals surface area contributed by atoms with Gasteiger partial charge in [-0.25, -0.2) is 0 Å². The molecule has 0 amide bonds. The quantitative estimate of drug-likeness (QED) is 0.523. The van der Waals surface area contributed by atoms with Crippen LogP contribution in [0.3, 0.4) is 0 Å². The van der Waals surface area contributed by atoms with Crippen molar-refractivity contribution in [3.05, 3.63) is 41.0 Å². The van der Waals surface area contributed by atoms with Crippen molar-refractivity contribution in [1.29, 1.82) is 0 Å². The normalized spacial score (nSPS) is 42.5. The molecule has 8 rings (SSSR count). The zero-order valence-electron chi connectivity index (χ0n) is 19.4. The highest BCUT2D eigenvalue weighted by molar-refractivity contribution is 5.78. The van der Waals surface area contributed by atoms with E-state index in [-0.39, 0.29) is 28.8 Å². The van der Waals surface area contributed by atoms with Gasteiger partial charge < -0.3 is 14.2 Å². The number of hydrogen-bond acceptors (Lipinski definition) is 5. The van der Waals surface area contributed by atoms with Crippen molar-refractivity contribution < 1.29 is 19.0 Å². The third kappa shape index (κ3) is 2.03. The fourth-order valence-corrected chi connectivity index (χ4v) is 8.44. The number of carbonyl (C=O) groups is 1. The van der Waals surface area contributed by atoms with Crippen LogP contribution in [0.25, 0.3) is 0 Å². The summed E-state index contributed by atoms with van der Waals surface area (Å²) in [5.41, 5.74) is 3.05. The Kier molecular flexibility index (Phi) is 3.78. The van der Waals surface area contributed by atoms with Crippen LogP contribution in [0.15, 0.2) is 24.3 Å². The van der Waals surface area contributed by atoms with Crippen LogP contribution in [-0.4, -0.2) is 55.4 Å². The number of aryl methyl sites for hydroxylation is 1. The molecule has 6 atom stereocenters. The van der Waals surface area contributed by atoms with Crippen LogP contribution in [0.5, 0.6) is 5.75 Å². The Hall–Kier alpha value is -1.85. The van der Waals surface area contributed by atoms with Crippen molar-refractivity contribution in [1.82, 2.24) is 4.90 Å². The summed E-state index contributed by atoms with van der Waals surface area (Å²) in [4.78, 5) is 16.1. The van der Waals surface area contributed by atoms with E-state index < -0.39 is 5.60 Å². The molecule has 2 aliphatic heterocycles. The van der Waals surface area contributed by atoms with Gasteiger partial charge >= 0.3 is 5.97 Å². The van der Waals surface area contributed by atoms with Crippen molar-refractivity contribution in [2.75, 3.05) is 26.8 Å². The number of benzene rings is 1. The minimum absolute atomic E-state index is 0.117. The molecule has 0 aromatic heterocycles. The molecule has 5 nitrogen and oxygen atoms in total. The number of fused-ring (bicyclic) bond motifs is 1. The standard InChI is InChI=1S/C27H33NO4/c1-4-31-23(29)19-14-25-9-10-27(19,30-3)24-26(25)11-12-28(15-17-6-7-17)20(25)13-18-8-5-16(2)22(32-24)21(18)26/h5,8-10,17,19-20,24H,4,6-7,11-15H2,1-3H3/t19-,20-,24-,25?,26+,27?/m1/s1. The molecule has 5 heteroatoms. The molecule has 2 saturated carbocycles. The lowest BCUT2D eigenvalue weighted by atomic mass is 9.37. The van der Waals surface area contributed by atoms with Gasteiger partial charge in [-0.2, -0.15) is 0 Å². The van der Waals surface area contributed by atoms with Gasteiger partial charge in [0, 0.05) is 30.7 Å². The average Bonchev–Trinajstić information content (AvgIpc) is 3.54. The number of hydrogen-bond donors (Lipinski definition) is 0. The van der Waals surface area contributed by atoms with Crippen molar-refractivity contribution in [3.8, 4) is 5.75 Å². The van der Waals surface area contributed by atoms with Gasteiger partial charge in [0.1, 0.15) is 17.5 Å². The fourth-order valence-electron chi connectivity index (χ4n) is 8.44. The molecule has 1 aromatic carbocycles. The first-order chi connectivity index (χ1) is 15.5. The molecule has 7 aliphatic rings. The number of piperidine rings is 1. The van der Waals surface area contributed by atoms with Crippen molar-refractivity contribution in [2.24, 2.45) is 17.3 Å². The second kappa shape index (κ2) is 6.18. The highest BCUT2D eigenvalue weighted by Gasteiger charge is 2.80. The number of rotatable bonds is 5. The van der Waals surface area contributed by atoms with Crippen molar-refractivity contribution in [2.45, 2.75) is 69.1 Å². The summed E-state index contributed by atoms with van der Waals surface area (Å²) in [6.07, 6.45) is 10.1. The molecular formula is C27H33NO4. The van der Waals surface area contributed by atoms with Crippen LogP contribution < -0.4 is 4.74 Å². The smallest absolute Gasteiger partial charge is 0.312 e. The molecule has 2 unspecified atom stereocenters. The van der Waals surface area contributed by atoms with E-state index >= 15 is 0 Å². The predicted molar refractivity (Wildman–Crippen MR) is 120 cm³/mol. The summed E-state index contributed by atoms with van der Waals surface area (Å²) in [5.74, 6) is 1.43. The van der Waals surface area contributed by atoms with E-state index in [4.69, 9.17) is 14.2 Å². The molecule has 1 saturated heterocycles. The van der Waals surface area contributed by atoms with E-state index in [0.717, 1.165) is 37.5 Å². The van der Waals surface area contributed by atoms with Crippen LogP contribution in [0.4, 0.5) is 0 Å². The van der Waals surface area contributed by atoms with Gasteiger partial charge in [0.25, 0.3) is 0 Å². The Balaban J connectivity index is 1.47. The Morgan fingerprint density at radius 1 is 1.28 bits per heavy atom. The lowest BCUT2D eigenvalue weighted by molar-refractivity contribution is -0.223. The minimum Gasteiger partial charge on any atom is -0.485 e. The number of ether oxygens (including phenoxy) is 3. The lowest BCUT2D eigenvalue weighted by Gasteiger charge is -2.70. The Labute approximate surface area is 190 Å². The van der Waals surface area contributed by atoms with Gasteiger partial charge in [0.15, 0.2) is 0 Å². The van der Waals surface area contributed by atoms with Gasteiger partial charge in [0.05, 0.1) is 17.9 Å². The maximum atomic E-state index is 13.3. The van der Waals surface area contributed by atoms with Crippen molar-refractivity contribution in [3.63, 3.8) is 0 Å². The van der Waals surface area contributed by atoms with Crippen LogP contribution in [0, 0.1) is 24.2 Å². The Bertz CT molecular complexity index is 1050. The number of esters is 1. The van der Waals surface area contributed by atoms with Gasteiger partial charge in [-0.15, -0.1) is 0 Å². The molecule has 1 aromatic rings. The van der Waals surface area contributed by atoms with Crippen LogP contribution in [0.2, 0.25) is 0 Å². The second-order valence-corrected chi connectivity index (χ2v) is 11.1. The van der Waals surface area contributed by atoms with Crippen LogP contribution in [-0.2, 0) is 26.1 Å². The van der Waals surface area contributed by atoms with E-state index in [9.17, 15) is 4.79 Å². The first kappa shape index (κ1) is 19.6. The number of methoxy groups -OCH3 is 1. The number of nitrogens with zero attached hydrogens (tertiary/aromatic N) is 1. The first-order valence-electron chi connectivity index (χ1n) is 12.5. The summed E-state index contributed by atoms with van der Waals surface area (Å²) < 4.78 is 18.8. The molecular weight excluding hydrogens is 402 g/mol. The third-order valence-electron chi connectivity index (χ3n) is 9.89. The van der Waals surface area contributed by atoms with E-state index in [2.05, 4.69) is 36.1 Å². The molecule has 2 spiro atoms. The average molecular weight is 436 g/mol. The maximum absolute atomic E-state index is 13.3. The number of carbonyl (C=O) groups excluding carboxylic acids is 1. The SMILES string of the molecule is CCOC(=O)[C@H]1CC23C=CC1(OC)[C@@H]1Oc4c(C)ccc5c4[C@@]12CCN(CC1CC1)[C@@H]3C5. The van der Waals surface area contributed by atoms with E-state index in [1.165, 1.54) is 36.1 Å². The Morgan fingerprint density at radius 3 is 2.88 bits per heavy atom. The zero-order valence-corrected chi connectivity index (χ0v) is 19.4. The predicted octanol–water partition coefficient (Wildman–Crippen LogP) is 3.56. The monoisotopic (exact) mass is 435 g/mol. The summed E-state index contributed by atoms with van der Waals surface area (Å²) in [5, 5.41) is 0. The van der Waals surface area contributed by atoms with Gasteiger partial charge in [0.2, 0.25) is 0 Å². The lowest BCUT2D eigenvalue weighted by Crippen LogP contribution is -2.80. The third-order valence-corrected chi connectivity index (χ3v) is 9.89. The number of likely N-dealkylation sites (tertiary alicyclic amines) is 1. The van der Waals surface area contributed by atoms with Crippen molar-refractivity contribution >= 4 is 5.97 Å². The highest BCUT2D eigenvalue weighted by Crippen LogP contribution is 2.74. The zero-order chi connectivity index (χ0) is 21.9. The fraction of sp³-hybridized carbons (Fsp3) is 0.667. The summed E-state index contributed by atoms with van der Waals surface area (Å²) >= 11 is 0. The second-order valence-electron chi connectivity index (χ2n) is 11.1. The van der Waals surface area contributed by atoms with E-state index in [0.29, 0.717) is 12.6 Å². The Morgan fingerprint density at radius 2 is 2.12 bits per heavy atom. The highest BCUT2D eigenvalue weighted by atomic mass is 16.6. The maximum Gasteiger partial charge on any atom is 0.312 e. The molecule has 0 N–H and O–H groups in total. The van der Waals surface area contributed by atoms with E-state index in [1.54, 1.807) is 7.11 Å². The topological polar surface area (TPSA) is 48.0 Å². The van der Waals surface area contributed by atoms with E-state index in [1.807, 2.05) is 6.92 Å². The molecule has 3 fully saturated rings. The molecule has 4 bridgehead atoms. The van der Waals surface area contributed by atoms with Crippen LogP contribution in [0.1, 0.15) is 49.3 Å². The van der Waals surface area contributed by atoms with Gasteiger partial charge in [-0.3, -0.25) is 9.69 Å². The van der Waals surface area contributed by atoms with Gasteiger partial charge in [-0.05, 0) is 69.5 Å². The molecule has 2 heterocycles. The molecule has 5 aliphatic carbocycles. The van der Waals surface area contributed by atoms with Crippen LogP contribution >= 0.6 is 0 Å². The first-order valence-corrected chi connectivity index (χ1v) is 12.5. The molecule has 170 valence electrons. The largest absolute Gasteiger partial charge is 0.485 e. The molecule has 0 radical (unpaired) electrons. The summed E-state index contributed by atoms with van der Waals surface area (Å²) in [6.45, 7) is 6.73.